The maximum atomic E-state index is 10.3. The van der Waals surface area contributed by atoms with Crippen molar-refractivity contribution in [3.8, 4) is 0 Å². The van der Waals surface area contributed by atoms with E-state index in [-0.39, 0.29) is 6.42 Å². The van der Waals surface area contributed by atoms with Gasteiger partial charge in [-0.15, -0.1) is 0 Å². The molecule has 0 saturated carbocycles. The SMILES string of the molecule is C=C=O.COC(=O)CC(=O)OC.[C-]#[O+]. The summed E-state index contributed by atoms with van der Waals surface area (Å²) < 4.78 is 15.9. The van der Waals surface area contributed by atoms with Gasteiger partial charge in [-0.3, -0.25) is 9.59 Å². The van der Waals surface area contributed by atoms with E-state index in [0.717, 1.165) is 0 Å². The minimum atomic E-state index is -0.582. The second-order valence-electron chi connectivity index (χ2n) is 1.47. The number of methoxy groups -OCH3 is 2. The fraction of sp³-hybridized carbons (Fsp3) is 0.375. The van der Waals surface area contributed by atoms with E-state index in [1.807, 2.05) is 0 Å². The molecule has 0 saturated heterocycles. The molecule has 0 atom stereocenters. The van der Waals surface area contributed by atoms with Gasteiger partial charge in [-0.2, -0.15) is 0 Å². The summed E-state index contributed by atoms with van der Waals surface area (Å²) in [6, 6.07) is 0. The summed E-state index contributed by atoms with van der Waals surface area (Å²) in [6.07, 6.45) is -0.312. The van der Waals surface area contributed by atoms with Crippen molar-refractivity contribution in [3.05, 3.63) is 13.2 Å². The van der Waals surface area contributed by atoms with Crippen LogP contribution < -0.4 is 0 Å². The van der Waals surface area contributed by atoms with Crippen LogP contribution in [0.5, 0.6) is 0 Å². The van der Waals surface area contributed by atoms with E-state index in [4.69, 9.17) is 9.45 Å². The number of hydrogen-bond donors (Lipinski definition) is 0. The fourth-order valence-electron chi connectivity index (χ4n) is 0.262. The van der Waals surface area contributed by atoms with E-state index in [2.05, 4.69) is 22.7 Å². The summed E-state index contributed by atoms with van der Waals surface area (Å²) in [6.45, 7) is 7.18. The molecule has 0 aromatic carbocycles. The molecule has 78 valence electrons. The van der Waals surface area contributed by atoms with Crippen LogP contribution in [0, 0.1) is 6.65 Å². The average Bonchev–Trinajstić information content (AvgIpc) is 2.21. The van der Waals surface area contributed by atoms with Crippen molar-refractivity contribution in [1.82, 2.24) is 0 Å². The molecule has 6 heteroatoms. The van der Waals surface area contributed by atoms with E-state index in [1.165, 1.54) is 20.2 Å². The van der Waals surface area contributed by atoms with Gasteiger partial charge in [0.15, 0.2) is 0 Å². The molecule has 6 nitrogen and oxygen atoms in total. The Morgan fingerprint density at radius 2 is 1.50 bits per heavy atom. The summed E-state index contributed by atoms with van der Waals surface area (Å²) in [5.41, 5.74) is 0. The molecule has 0 heterocycles. The first-order valence-corrected chi connectivity index (χ1v) is 3.10. The van der Waals surface area contributed by atoms with Crippen LogP contribution in [0.2, 0.25) is 0 Å². The molecule has 0 amide bonds. The molecule has 0 aliphatic heterocycles. The zero-order valence-corrected chi connectivity index (χ0v) is 7.86. The van der Waals surface area contributed by atoms with Crippen molar-refractivity contribution in [2.75, 3.05) is 14.2 Å². The standard InChI is InChI=1S/C5H8O4.C2H2O.CO/c1-8-4(6)3-5(7)9-2;1-2-3;1-2/h3H2,1-2H3;1H2;. The summed E-state index contributed by atoms with van der Waals surface area (Å²) in [7, 11) is 2.43. The van der Waals surface area contributed by atoms with E-state index >= 15 is 0 Å². The van der Waals surface area contributed by atoms with Gasteiger partial charge in [-0.25, -0.2) is 4.79 Å². The second-order valence-corrected chi connectivity index (χ2v) is 1.47. The molecule has 0 bridgehead atoms. The van der Waals surface area contributed by atoms with Gasteiger partial charge in [0.05, 0.1) is 14.2 Å². The van der Waals surface area contributed by atoms with Crippen molar-refractivity contribution >= 4 is 17.9 Å². The molecule has 0 spiro atoms. The van der Waals surface area contributed by atoms with Crippen molar-refractivity contribution in [1.29, 1.82) is 0 Å². The molecule has 0 fully saturated rings. The number of hydrogen-bond acceptors (Lipinski definition) is 5. The fourth-order valence-corrected chi connectivity index (χ4v) is 0.262. The first kappa shape index (κ1) is 18.0. The maximum absolute atomic E-state index is 10.3. The third-order valence-corrected chi connectivity index (χ3v) is 0.744. The summed E-state index contributed by atoms with van der Waals surface area (Å²) in [5.74, 6) is 0.0868. The Morgan fingerprint density at radius 3 is 1.64 bits per heavy atom. The molecule has 0 N–H and O–H groups in total. The van der Waals surface area contributed by atoms with E-state index in [1.54, 1.807) is 0 Å². The van der Waals surface area contributed by atoms with E-state index in [9.17, 15) is 9.59 Å². The van der Waals surface area contributed by atoms with Gasteiger partial charge < -0.3 is 9.47 Å². The third kappa shape index (κ3) is 22.5. The van der Waals surface area contributed by atoms with Gasteiger partial charge in [0, 0.05) is 0 Å². The van der Waals surface area contributed by atoms with Crippen LogP contribution in [-0.2, 0) is 28.5 Å². The van der Waals surface area contributed by atoms with Gasteiger partial charge >= 0.3 is 23.2 Å². The number of carbonyl (C=O) groups excluding carboxylic acids is 3. The Morgan fingerprint density at radius 1 is 1.29 bits per heavy atom. The number of rotatable bonds is 2. The quantitative estimate of drug-likeness (QED) is 0.201. The average molecular weight is 202 g/mol. The molecule has 0 unspecified atom stereocenters. The number of ether oxygens (including phenoxy) is 2. The predicted octanol–water partition coefficient (Wildman–Crippen LogP) is -0.311. The van der Waals surface area contributed by atoms with Gasteiger partial charge in [-0.05, 0) is 6.58 Å². The van der Waals surface area contributed by atoms with E-state index in [0.29, 0.717) is 0 Å². The molecule has 0 aliphatic rings. The normalized spacial score (nSPS) is 6.00. The zero-order valence-electron chi connectivity index (χ0n) is 7.86. The molecule has 0 radical (unpaired) electrons. The molecule has 0 aromatic heterocycles. The Kier molecular flexibility index (Phi) is 22.2. The molecular weight excluding hydrogens is 192 g/mol. The van der Waals surface area contributed by atoms with Crippen LogP contribution in [0.15, 0.2) is 6.58 Å². The first-order chi connectivity index (χ1) is 6.62. The molecule has 14 heavy (non-hydrogen) atoms. The van der Waals surface area contributed by atoms with Crippen LogP contribution in [0.25, 0.3) is 0 Å². The monoisotopic (exact) mass is 202 g/mol. The van der Waals surface area contributed by atoms with Crippen LogP contribution in [-0.4, -0.2) is 32.1 Å². The Bertz CT molecular complexity index is 197. The minimum absolute atomic E-state index is 0.312. The van der Waals surface area contributed by atoms with Gasteiger partial charge in [-0.1, -0.05) is 0 Å². The number of esters is 2. The predicted molar refractivity (Wildman–Crippen MR) is 43.9 cm³/mol. The van der Waals surface area contributed by atoms with E-state index < -0.39 is 11.9 Å². The molecule has 0 rings (SSSR count). The van der Waals surface area contributed by atoms with Crippen LogP contribution in [0.4, 0.5) is 0 Å². The Labute approximate surface area is 81.2 Å². The molecule has 0 aromatic rings. The molecular formula is C8H10O6. The van der Waals surface area contributed by atoms with Gasteiger partial charge in [0.25, 0.3) is 0 Å². The molecule has 0 aliphatic carbocycles. The topological polar surface area (TPSA) is 89.6 Å². The summed E-state index contributed by atoms with van der Waals surface area (Å²) in [4.78, 5) is 29.1. The summed E-state index contributed by atoms with van der Waals surface area (Å²) >= 11 is 0. The summed E-state index contributed by atoms with van der Waals surface area (Å²) in [5, 5.41) is 0. The van der Waals surface area contributed by atoms with Gasteiger partial charge in [0.2, 0.25) is 0 Å². The van der Waals surface area contributed by atoms with Crippen molar-refractivity contribution in [2.24, 2.45) is 0 Å². The van der Waals surface area contributed by atoms with Crippen molar-refractivity contribution in [2.45, 2.75) is 6.42 Å². The van der Waals surface area contributed by atoms with Crippen molar-refractivity contribution in [3.63, 3.8) is 0 Å². The van der Waals surface area contributed by atoms with Crippen LogP contribution in [0.1, 0.15) is 6.42 Å². The third-order valence-electron chi connectivity index (χ3n) is 0.744. The second kappa shape index (κ2) is 17.3. The van der Waals surface area contributed by atoms with Crippen LogP contribution in [0.3, 0.4) is 0 Å². The first-order valence-electron chi connectivity index (χ1n) is 3.10. The van der Waals surface area contributed by atoms with Crippen LogP contribution >= 0.6 is 0 Å². The Balaban J connectivity index is -0.000000205. The number of carbonyl (C=O) groups is 2. The van der Waals surface area contributed by atoms with Gasteiger partial charge in [0.1, 0.15) is 12.4 Å². The van der Waals surface area contributed by atoms with Crippen molar-refractivity contribution < 1.29 is 28.5 Å². The Hall–Kier alpha value is -1.87. The zero-order chi connectivity index (χ0) is 12.0.